The maximum absolute atomic E-state index is 12.6. The van der Waals surface area contributed by atoms with Crippen LogP contribution in [0.2, 0.25) is 0 Å². The highest BCUT2D eigenvalue weighted by molar-refractivity contribution is 7.99. The minimum absolute atomic E-state index is 0.143. The van der Waals surface area contributed by atoms with E-state index in [9.17, 15) is 9.59 Å². The Morgan fingerprint density at radius 3 is 2.18 bits per heavy atom. The summed E-state index contributed by atoms with van der Waals surface area (Å²) in [6.07, 6.45) is 1.82. The maximum Gasteiger partial charge on any atom is 0.234 e. The maximum atomic E-state index is 12.6. The van der Waals surface area contributed by atoms with Crippen molar-refractivity contribution in [1.29, 1.82) is 0 Å². The molecule has 0 unspecified atom stereocenters. The number of anilines is 2. The van der Waals surface area contributed by atoms with Crippen molar-refractivity contribution in [2.75, 3.05) is 23.5 Å². The number of thioether (sulfide) groups is 1. The number of methoxy groups -OCH3 is 1. The molecule has 0 aliphatic rings. The number of carbonyl (C=O) groups is 2. The van der Waals surface area contributed by atoms with Gasteiger partial charge in [-0.05, 0) is 48.5 Å². The number of amides is 2. The van der Waals surface area contributed by atoms with Gasteiger partial charge in [0.05, 0.1) is 24.8 Å². The second-order valence-corrected chi connectivity index (χ2v) is 8.36. The molecule has 2 amide bonds. The Kier molecular flexibility index (Phi) is 7.29. The lowest BCUT2D eigenvalue weighted by Crippen LogP contribution is -2.14. The van der Waals surface area contributed by atoms with E-state index in [0.29, 0.717) is 16.5 Å². The Hall–Kier alpha value is -4.04. The van der Waals surface area contributed by atoms with Crippen molar-refractivity contribution in [3.63, 3.8) is 0 Å². The summed E-state index contributed by atoms with van der Waals surface area (Å²) >= 11 is 1.36. The van der Waals surface area contributed by atoms with E-state index in [-0.39, 0.29) is 17.6 Å². The SMILES string of the molecule is COc1ccc(-n2c(-c3ccccc3)cnc2SCC(=O)Nc2ccc(NC(C)=O)cc2)cc1. The average molecular weight is 473 g/mol. The van der Waals surface area contributed by atoms with Gasteiger partial charge in [0.2, 0.25) is 11.8 Å². The summed E-state index contributed by atoms with van der Waals surface area (Å²) in [5.41, 5.74) is 4.22. The van der Waals surface area contributed by atoms with Gasteiger partial charge in [-0.3, -0.25) is 14.2 Å². The molecule has 4 rings (SSSR count). The first-order valence-corrected chi connectivity index (χ1v) is 11.6. The molecule has 34 heavy (non-hydrogen) atoms. The molecule has 0 bridgehead atoms. The molecular formula is C26H24N4O3S. The van der Waals surface area contributed by atoms with Crippen molar-refractivity contribution in [1.82, 2.24) is 9.55 Å². The van der Waals surface area contributed by atoms with Crippen molar-refractivity contribution in [2.24, 2.45) is 0 Å². The third-order valence-electron chi connectivity index (χ3n) is 4.95. The summed E-state index contributed by atoms with van der Waals surface area (Å²) in [5.74, 6) is 0.663. The van der Waals surface area contributed by atoms with Crippen LogP contribution in [0.15, 0.2) is 90.2 Å². The van der Waals surface area contributed by atoms with Crippen LogP contribution in [0.1, 0.15) is 6.92 Å². The van der Waals surface area contributed by atoms with E-state index in [2.05, 4.69) is 15.6 Å². The lowest BCUT2D eigenvalue weighted by Gasteiger charge is -2.13. The van der Waals surface area contributed by atoms with E-state index >= 15 is 0 Å². The van der Waals surface area contributed by atoms with Crippen molar-refractivity contribution in [3.05, 3.63) is 85.1 Å². The van der Waals surface area contributed by atoms with Gasteiger partial charge in [-0.25, -0.2) is 4.98 Å². The first kappa shape index (κ1) is 23.1. The van der Waals surface area contributed by atoms with E-state index in [0.717, 1.165) is 22.7 Å². The minimum Gasteiger partial charge on any atom is -0.497 e. The molecule has 3 aromatic carbocycles. The topological polar surface area (TPSA) is 85.2 Å². The van der Waals surface area contributed by atoms with Crippen LogP contribution in [0.4, 0.5) is 11.4 Å². The van der Waals surface area contributed by atoms with Crippen molar-refractivity contribution in [2.45, 2.75) is 12.1 Å². The van der Waals surface area contributed by atoms with Gasteiger partial charge in [-0.2, -0.15) is 0 Å². The summed E-state index contributed by atoms with van der Waals surface area (Å²) in [6, 6.07) is 24.7. The van der Waals surface area contributed by atoms with Crippen LogP contribution >= 0.6 is 11.8 Å². The third-order valence-corrected chi connectivity index (χ3v) is 5.90. The number of aromatic nitrogens is 2. The standard InChI is InChI=1S/C26H24N4O3S/c1-18(31)28-20-8-10-21(11-9-20)29-25(32)17-34-26-27-16-24(19-6-4-3-5-7-19)30(26)22-12-14-23(33-2)15-13-22/h3-16H,17H2,1-2H3,(H,28,31)(H,29,32). The number of nitrogens with zero attached hydrogens (tertiary/aromatic N) is 2. The molecule has 0 aliphatic heterocycles. The second kappa shape index (κ2) is 10.7. The van der Waals surface area contributed by atoms with Crippen molar-refractivity contribution < 1.29 is 14.3 Å². The Morgan fingerprint density at radius 1 is 0.912 bits per heavy atom. The van der Waals surface area contributed by atoms with E-state index in [1.54, 1.807) is 31.4 Å². The van der Waals surface area contributed by atoms with Crippen molar-refractivity contribution >= 4 is 35.0 Å². The lowest BCUT2D eigenvalue weighted by atomic mass is 10.1. The average Bonchev–Trinajstić information content (AvgIpc) is 3.28. The summed E-state index contributed by atoms with van der Waals surface area (Å²) in [5, 5.41) is 6.29. The van der Waals surface area contributed by atoms with E-state index in [1.807, 2.05) is 65.4 Å². The van der Waals surface area contributed by atoms with E-state index < -0.39 is 0 Å². The van der Waals surface area contributed by atoms with Gasteiger partial charge in [0, 0.05) is 29.5 Å². The molecule has 0 atom stereocenters. The molecule has 0 saturated carbocycles. The molecular weight excluding hydrogens is 448 g/mol. The number of carbonyl (C=O) groups excluding carboxylic acids is 2. The largest absolute Gasteiger partial charge is 0.497 e. The third kappa shape index (κ3) is 5.65. The van der Waals surface area contributed by atoms with Crippen molar-refractivity contribution in [3.8, 4) is 22.7 Å². The first-order chi connectivity index (χ1) is 16.5. The highest BCUT2D eigenvalue weighted by atomic mass is 32.2. The van der Waals surface area contributed by atoms with E-state index in [1.165, 1.54) is 18.7 Å². The van der Waals surface area contributed by atoms with Gasteiger partial charge in [-0.15, -0.1) is 0 Å². The zero-order valence-electron chi connectivity index (χ0n) is 18.8. The van der Waals surface area contributed by atoms with Gasteiger partial charge in [-0.1, -0.05) is 42.1 Å². The molecule has 1 heterocycles. The van der Waals surface area contributed by atoms with Crippen LogP contribution in [0.5, 0.6) is 5.75 Å². The number of imidazole rings is 1. The number of ether oxygens (including phenoxy) is 1. The number of hydrogen-bond acceptors (Lipinski definition) is 5. The molecule has 2 N–H and O–H groups in total. The highest BCUT2D eigenvalue weighted by Crippen LogP contribution is 2.30. The Labute approximate surface area is 202 Å². The fraction of sp³-hybridized carbons (Fsp3) is 0.115. The molecule has 0 saturated heterocycles. The predicted molar refractivity (Wildman–Crippen MR) is 136 cm³/mol. The smallest absolute Gasteiger partial charge is 0.234 e. The van der Waals surface area contributed by atoms with E-state index in [4.69, 9.17) is 4.74 Å². The van der Waals surface area contributed by atoms with Gasteiger partial charge in [0.15, 0.2) is 5.16 Å². The highest BCUT2D eigenvalue weighted by Gasteiger charge is 2.16. The summed E-state index contributed by atoms with van der Waals surface area (Å²) in [6.45, 7) is 1.45. The van der Waals surface area contributed by atoms with Gasteiger partial charge >= 0.3 is 0 Å². The molecule has 1 aromatic heterocycles. The molecule has 8 heteroatoms. The van der Waals surface area contributed by atoms with Crippen LogP contribution in [0.25, 0.3) is 16.9 Å². The van der Waals surface area contributed by atoms with Crippen LogP contribution in [0, 0.1) is 0 Å². The van der Waals surface area contributed by atoms with Crippen LogP contribution < -0.4 is 15.4 Å². The van der Waals surface area contributed by atoms with Crippen LogP contribution in [-0.4, -0.2) is 34.2 Å². The molecule has 0 spiro atoms. The quantitative estimate of drug-likeness (QED) is 0.343. The monoisotopic (exact) mass is 472 g/mol. The predicted octanol–water partition coefficient (Wildman–Crippen LogP) is 5.24. The zero-order chi connectivity index (χ0) is 23.9. The van der Waals surface area contributed by atoms with Gasteiger partial charge in [0.1, 0.15) is 5.75 Å². The van der Waals surface area contributed by atoms with Crippen LogP contribution in [0.3, 0.4) is 0 Å². The normalized spacial score (nSPS) is 10.5. The Balaban J connectivity index is 1.51. The Bertz CT molecular complexity index is 1270. The molecule has 0 aliphatic carbocycles. The number of rotatable bonds is 8. The lowest BCUT2D eigenvalue weighted by molar-refractivity contribution is -0.114. The number of benzene rings is 3. The van der Waals surface area contributed by atoms with Crippen LogP contribution in [-0.2, 0) is 9.59 Å². The first-order valence-electron chi connectivity index (χ1n) is 10.6. The summed E-state index contributed by atoms with van der Waals surface area (Å²) < 4.78 is 7.33. The summed E-state index contributed by atoms with van der Waals surface area (Å²) in [4.78, 5) is 28.4. The van der Waals surface area contributed by atoms with Gasteiger partial charge < -0.3 is 15.4 Å². The summed E-state index contributed by atoms with van der Waals surface area (Å²) in [7, 11) is 1.63. The minimum atomic E-state index is -0.150. The number of hydrogen-bond donors (Lipinski definition) is 2. The fourth-order valence-electron chi connectivity index (χ4n) is 3.40. The molecule has 172 valence electrons. The molecule has 0 radical (unpaired) electrons. The molecule has 7 nitrogen and oxygen atoms in total. The molecule has 0 fully saturated rings. The Morgan fingerprint density at radius 2 is 1.56 bits per heavy atom. The zero-order valence-corrected chi connectivity index (χ0v) is 19.6. The molecule has 4 aromatic rings. The fourth-order valence-corrected chi connectivity index (χ4v) is 4.19. The van der Waals surface area contributed by atoms with Gasteiger partial charge in [0.25, 0.3) is 0 Å². The second-order valence-electron chi connectivity index (χ2n) is 7.42. The number of nitrogens with one attached hydrogen (secondary N) is 2.